The van der Waals surface area contributed by atoms with Crippen LogP contribution in [0.4, 0.5) is 0 Å². The van der Waals surface area contributed by atoms with Crippen LogP contribution in [-0.4, -0.2) is 24.2 Å². The van der Waals surface area contributed by atoms with E-state index in [0.29, 0.717) is 17.5 Å². The average molecular weight is 293 g/mol. The molecule has 0 aliphatic carbocycles. The molecule has 1 amide bonds. The van der Waals surface area contributed by atoms with Crippen LogP contribution in [0, 0.1) is 11.3 Å². The molecule has 0 aliphatic rings. The average Bonchev–Trinajstić information content (AvgIpc) is 2.59. The van der Waals surface area contributed by atoms with Gasteiger partial charge in [-0.3, -0.25) is 9.59 Å². The molecule has 110 valence electrons. The zero-order chi connectivity index (χ0) is 15.9. The quantitative estimate of drug-likeness (QED) is 0.857. The highest BCUT2D eigenvalue weighted by Crippen LogP contribution is 2.27. The standard InChI is InChI=1S/C17H15N3O2/c1-19-17(22)16-10-12(11-21)9-15(20-16)14(7-8-18)13-5-3-2-4-6-13/h2-6,9-11,14H,7H2,1H3,(H,19,22). The molecule has 22 heavy (non-hydrogen) atoms. The lowest BCUT2D eigenvalue weighted by molar-refractivity contribution is 0.0958. The van der Waals surface area contributed by atoms with Gasteiger partial charge in [-0.1, -0.05) is 30.3 Å². The van der Waals surface area contributed by atoms with Gasteiger partial charge in [0, 0.05) is 24.9 Å². The van der Waals surface area contributed by atoms with E-state index in [1.165, 1.54) is 13.1 Å². The first-order chi connectivity index (χ1) is 10.7. The molecule has 0 saturated carbocycles. The van der Waals surface area contributed by atoms with Gasteiger partial charge in [0.25, 0.3) is 5.91 Å². The van der Waals surface area contributed by atoms with Crippen LogP contribution in [0.3, 0.4) is 0 Å². The Hall–Kier alpha value is -3.00. The van der Waals surface area contributed by atoms with Gasteiger partial charge in [-0.2, -0.15) is 5.26 Å². The third kappa shape index (κ3) is 3.36. The van der Waals surface area contributed by atoms with Gasteiger partial charge < -0.3 is 5.32 Å². The Labute approximate surface area is 128 Å². The lowest BCUT2D eigenvalue weighted by Crippen LogP contribution is -2.20. The van der Waals surface area contributed by atoms with Crippen LogP contribution in [0.1, 0.15) is 44.4 Å². The second kappa shape index (κ2) is 7.14. The van der Waals surface area contributed by atoms with Crippen molar-refractivity contribution in [3.63, 3.8) is 0 Å². The Bertz CT molecular complexity index is 720. The second-order valence-corrected chi connectivity index (χ2v) is 4.73. The SMILES string of the molecule is CNC(=O)c1cc(C=O)cc(C(CC#N)c2ccccc2)n1. The lowest BCUT2D eigenvalue weighted by Gasteiger charge is -2.15. The van der Waals surface area contributed by atoms with E-state index in [2.05, 4.69) is 16.4 Å². The summed E-state index contributed by atoms with van der Waals surface area (Å²) in [7, 11) is 1.50. The highest BCUT2D eigenvalue weighted by Gasteiger charge is 2.18. The number of nitrogens with one attached hydrogen (secondary N) is 1. The van der Waals surface area contributed by atoms with Gasteiger partial charge in [-0.25, -0.2) is 4.98 Å². The fourth-order valence-electron chi connectivity index (χ4n) is 2.23. The molecule has 1 aromatic heterocycles. The monoisotopic (exact) mass is 293 g/mol. The molecule has 1 atom stereocenters. The third-order valence-corrected chi connectivity index (χ3v) is 3.32. The topological polar surface area (TPSA) is 82.9 Å². The lowest BCUT2D eigenvalue weighted by atomic mass is 9.91. The summed E-state index contributed by atoms with van der Waals surface area (Å²) in [5.41, 5.74) is 1.99. The summed E-state index contributed by atoms with van der Waals surface area (Å²) in [6, 6.07) is 14.6. The van der Waals surface area contributed by atoms with E-state index in [9.17, 15) is 9.59 Å². The summed E-state index contributed by atoms with van der Waals surface area (Å²) < 4.78 is 0. The number of aldehydes is 1. The molecule has 5 nitrogen and oxygen atoms in total. The van der Waals surface area contributed by atoms with Gasteiger partial charge in [-0.15, -0.1) is 0 Å². The number of rotatable bonds is 5. The van der Waals surface area contributed by atoms with Crippen molar-refractivity contribution >= 4 is 12.2 Å². The molecule has 0 aliphatic heterocycles. The van der Waals surface area contributed by atoms with E-state index in [1.807, 2.05) is 30.3 Å². The molecule has 1 aromatic carbocycles. The maximum absolute atomic E-state index is 11.8. The van der Waals surface area contributed by atoms with Crippen molar-refractivity contribution in [2.75, 3.05) is 7.05 Å². The van der Waals surface area contributed by atoms with Crippen LogP contribution in [0.25, 0.3) is 0 Å². The number of carbonyl (C=O) groups excluding carboxylic acids is 2. The molecule has 0 radical (unpaired) electrons. The van der Waals surface area contributed by atoms with Crippen molar-refractivity contribution in [2.24, 2.45) is 0 Å². The van der Waals surface area contributed by atoms with Crippen molar-refractivity contribution in [1.82, 2.24) is 10.3 Å². The summed E-state index contributed by atoms with van der Waals surface area (Å²) in [5, 5.41) is 11.6. The van der Waals surface area contributed by atoms with Gasteiger partial charge >= 0.3 is 0 Å². The molecule has 0 bridgehead atoms. The molecule has 1 unspecified atom stereocenters. The van der Waals surface area contributed by atoms with E-state index in [0.717, 1.165) is 5.56 Å². The number of nitriles is 1. The van der Waals surface area contributed by atoms with E-state index < -0.39 is 0 Å². The fraction of sp³-hybridized carbons (Fsp3) is 0.176. The highest BCUT2D eigenvalue weighted by atomic mass is 16.1. The predicted molar refractivity (Wildman–Crippen MR) is 81.5 cm³/mol. The Morgan fingerprint density at radius 2 is 2.09 bits per heavy atom. The van der Waals surface area contributed by atoms with Crippen LogP contribution in [0.2, 0.25) is 0 Å². The maximum atomic E-state index is 11.8. The smallest absolute Gasteiger partial charge is 0.269 e. The number of carbonyl (C=O) groups is 2. The Kier molecular flexibility index (Phi) is 4.99. The summed E-state index contributed by atoms with van der Waals surface area (Å²) in [6.45, 7) is 0. The number of amides is 1. The van der Waals surface area contributed by atoms with Crippen LogP contribution in [0.15, 0.2) is 42.5 Å². The van der Waals surface area contributed by atoms with Crippen LogP contribution in [0.5, 0.6) is 0 Å². The maximum Gasteiger partial charge on any atom is 0.269 e. The van der Waals surface area contributed by atoms with Gasteiger partial charge in [0.2, 0.25) is 0 Å². The van der Waals surface area contributed by atoms with Crippen LogP contribution < -0.4 is 5.32 Å². The number of hydrogen-bond acceptors (Lipinski definition) is 4. The van der Waals surface area contributed by atoms with Gasteiger partial charge in [0.1, 0.15) is 12.0 Å². The Morgan fingerprint density at radius 3 is 2.68 bits per heavy atom. The van der Waals surface area contributed by atoms with E-state index in [1.54, 1.807) is 6.07 Å². The molecule has 2 rings (SSSR count). The van der Waals surface area contributed by atoms with Gasteiger partial charge in [0.15, 0.2) is 0 Å². The third-order valence-electron chi connectivity index (χ3n) is 3.32. The largest absolute Gasteiger partial charge is 0.354 e. The normalized spacial score (nSPS) is 11.3. The minimum Gasteiger partial charge on any atom is -0.354 e. The fourth-order valence-corrected chi connectivity index (χ4v) is 2.23. The van der Waals surface area contributed by atoms with E-state index in [-0.39, 0.29) is 23.9 Å². The molecule has 0 fully saturated rings. The number of nitrogens with zero attached hydrogens (tertiary/aromatic N) is 2. The minimum absolute atomic E-state index is 0.168. The molecular formula is C17H15N3O2. The summed E-state index contributed by atoms with van der Waals surface area (Å²) in [4.78, 5) is 27.2. The van der Waals surface area contributed by atoms with Crippen molar-refractivity contribution < 1.29 is 9.59 Å². The first-order valence-electron chi connectivity index (χ1n) is 6.80. The molecule has 0 saturated heterocycles. The second-order valence-electron chi connectivity index (χ2n) is 4.73. The Balaban J connectivity index is 2.54. The molecule has 5 heteroatoms. The molecular weight excluding hydrogens is 278 g/mol. The minimum atomic E-state index is -0.367. The van der Waals surface area contributed by atoms with E-state index >= 15 is 0 Å². The number of pyridine rings is 1. The summed E-state index contributed by atoms with van der Waals surface area (Å²) >= 11 is 0. The number of hydrogen-bond donors (Lipinski definition) is 1. The van der Waals surface area contributed by atoms with Crippen molar-refractivity contribution in [3.8, 4) is 6.07 Å². The summed E-state index contributed by atoms with van der Waals surface area (Å²) in [6.07, 6.45) is 0.887. The number of benzene rings is 1. The first kappa shape index (κ1) is 15.4. The Morgan fingerprint density at radius 1 is 1.36 bits per heavy atom. The first-order valence-corrected chi connectivity index (χ1v) is 6.80. The van der Waals surface area contributed by atoms with E-state index in [4.69, 9.17) is 5.26 Å². The van der Waals surface area contributed by atoms with Crippen molar-refractivity contribution in [3.05, 3.63) is 65.0 Å². The van der Waals surface area contributed by atoms with Crippen LogP contribution >= 0.6 is 0 Å². The van der Waals surface area contributed by atoms with Crippen molar-refractivity contribution in [1.29, 1.82) is 5.26 Å². The predicted octanol–water partition coefficient (Wildman–Crippen LogP) is 2.30. The zero-order valence-electron chi connectivity index (χ0n) is 12.1. The van der Waals surface area contributed by atoms with Gasteiger partial charge in [-0.05, 0) is 17.7 Å². The molecule has 2 aromatic rings. The van der Waals surface area contributed by atoms with Crippen molar-refractivity contribution in [2.45, 2.75) is 12.3 Å². The number of aromatic nitrogens is 1. The molecule has 1 N–H and O–H groups in total. The summed E-state index contributed by atoms with van der Waals surface area (Å²) in [5.74, 6) is -0.650. The zero-order valence-corrected chi connectivity index (χ0v) is 12.1. The molecule has 0 spiro atoms. The van der Waals surface area contributed by atoms with Crippen LogP contribution in [-0.2, 0) is 0 Å². The molecule has 1 heterocycles. The van der Waals surface area contributed by atoms with Gasteiger partial charge in [0.05, 0.1) is 11.8 Å². The highest BCUT2D eigenvalue weighted by molar-refractivity contribution is 5.93.